The first-order chi connectivity index (χ1) is 19.9. The quantitative estimate of drug-likeness (QED) is 0.406. The van der Waals surface area contributed by atoms with Crippen molar-refractivity contribution in [1.29, 1.82) is 0 Å². The Balaban J connectivity index is 1.37. The Hall–Kier alpha value is -3.56. The summed E-state index contributed by atoms with van der Waals surface area (Å²) in [6.07, 6.45) is -0.671. The normalized spacial score (nSPS) is 20.1. The van der Waals surface area contributed by atoms with E-state index >= 15 is 0 Å². The number of fused-ring (bicyclic) bond motifs is 1. The molecule has 3 amide bonds. The Morgan fingerprint density at radius 1 is 1.10 bits per heavy atom. The number of likely N-dealkylation sites (tertiary alicyclic amines) is 1. The Bertz CT molecular complexity index is 1480. The molecule has 0 radical (unpaired) electrons. The van der Waals surface area contributed by atoms with Crippen molar-refractivity contribution in [2.45, 2.75) is 78.7 Å². The van der Waals surface area contributed by atoms with Crippen LogP contribution in [0.25, 0.3) is 10.4 Å². The van der Waals surface area contributed by atoms with Crippen LogP contribution in [0.3, 0.4) is 0 Å². The number of amides is 3. The van der Waals surface area contributed by atoms with E-state index in [0.29, 0.717) is 12.1 Å². The molecular formula is C33H40N4O4S. The molecule has 0 bridgehead atoms. The minimum absolute atomic E-state index is 0.0538. The molecule has 0 spiro atoms. The molecule has 1 aromatic heterocycles. The summed E-state index contributed by atoms with van der Waals surface area (Å²) in [7, 11) is 0. The van der Waals surface area contributed by atoms with Crippen molar-refractivity contribution in [3.63, 3.8) is 0 Å². The van der Waals surface area contributed by atoms with Crippen LogP contribution in [-0.4, -0.2) is 62.3 Å². The number of hydrogen-bond donors (Lipinski definition) is 2. The van der Waals surface area contributed by atoms with Gasteiger partial charge in [0.05, 0.1) is 28.2 Å². The van der Waals surface area contributed by atoms with Crippen LogP contribution in [0.5, 0.6) is 0 Å². The van der Waals surface area contributed by atoms with Crippen LogP contribution in [-0.2, 0) is 16.1 Å². The Labute approximate surface area is 251 Å². The summed E-state index contributed by atoms with van der Waals surface area (Å²) in [5, 5.41) is 13.9. The molecule has 4 atom stereocenters. The molecule has 2 N–H and O–H groups in total. The molecule has 2 aliphatic rings. The second-order valence-electron chi connectivity index (χ2n) is 12.9. The molecule has 0 unspecified atom stereocenters. The van der Waals surface area contributed by atoms with Crippen molar-refractivity contribution >= 4 is 29.1 Å². The summed E-state index contributed by atoms with van der Waals surface area (Å²) in [5.74, 6) is -0.969. The van der Waals surface area contributed by atoms with Crippen molar-refractivity contribution in [2.24, 2.45) is 11.3 Å². The Kier molecular flexibility index (Phi) is 8.27. The van der Waals surface area contributed by atoms with Crippen molar-refractivity contribution in [2.75, 3.05) is 6.54 Å². The molecule has 0 saturated carbocycles. The summed E-state index contributed by atoms with van der Waals surface area (Å²) in [5.41, 5.74) is 6.03. The second kappa shape index (κ2) is 11.6. The van der Waals surface area contributed by atoms with Gasteiger partial charge in [-0.05, 0) is 41.0 Å². The number of hydrogen-bond acceptors (Lipinski definition) is 6. The van der Waals surface area contributed by atoms with Gasteiger partial charge in [-0.15, -0.1) is 11.3 Å². The van der Waals surface area contributed by atoms with Gasteiger partial charge in [-0.3, -0.25) is 14.4 Å². The van der Waals surface area contributed by atoms with Crippen molar-refractivity contribution < 1.29 is 19.5 Å². The lowest BCUT2D eigenvalue weighted by Gasteiger charge is -2.37. The zero-order chi connectivity index (χ0) is 30.3. The van der Waals surface area contributed by atoms with E-state index in [1.165, 1.54) is 4.90 Å². The summed E-state index contributed by atoms with van der Waals surface area (Å²) >= 11 is 1.60. The number of carbonyl (C=O) groups excluding carboxylic acids is 3. The highest BCUT2D eigenvalue weighted by atomic mass is 32.1. The van der Waals surface area contributed by atoms with Gasteiger partial charge in [-0.25, -0.2) is 4.98 Å². The number of carbonyl (C=O) groups is 3. The third-order valence-electron chi connectivity index (χ3n) is 8.34. The maximum absolute atomic E-state index is 14.1. The van der Waals surface area contributed by atoms with Gasteiger partial charge in [-0.1, -0.05) is 77.1 Å². The SMILES string of the molecule is Cc1ncsc1-c1ccc([C@@H](NC(=O)[C@@H]2C[C@@H](O)CN2C(=O)[C@H](C(C)C)N2Cc3ccccc3C2=O)C(C)(C)C)cc1. The zero-order valence-corrected chi connectivity index (χ0v) is 25.9. The van der Waals surface area contributed by atoms with Crippen LogP contribution >= 0.6 is 11.3 Å². The van der Waals surface area contributed by atoms with E-state index in [4.69, 9.17) is 0 Å². The van der Waals surface area contributed by atoms with E-state index in [0.717, 1.165) is 27.3 Å². The Morgan fingerprint density at radius 3 is 2.38 bits per heavy atom. The molecule has 3 aromatic rings. The van der Waals surface area contributed by atoms with Crippen molar-refractivity contribution in [1.82, 2.24) is 20.1 Å². The first-order valence-corrected chi connectivity index (χ1v) is 15.4. The molecule has 2 aromatic carbocycles. The standard InChI is InChI=1S/C33H40N4O4S/c1-19(2)27(37-16-23-9-7-8-10-25(23)31(37)40)32(41)36-17-24(38)15-26(36)30(39)35-29(33(4,5)6)22-13-11-21(12-14-22)28-20(3)34-18-42-28/h7-14,18-19,24,26-27,29,38H,15-17H2,1-6H3,(H,35,39)/t24-,26+,27+,29-/m1/s1. The predicted octanol–water partition coefficient (Wildman–Crippen LogP) is 4.96. The molecule has 3 heterocycles. The van der Waals surface area contributed by atoms with Gasteiger partial charge in [0.1, 0.15) is 12.1 Å². The average Bonchev–Trinajstić information content (AvgIpc) is 3.64. The predicted molar refractivity (Wildman–Crippen MR) is 164 cm³/mol. The van der Waals surface area contributed by atoms with Gasteiger partial charge in [0.15, 0.2) is 0 Å². The third kappa shape index (κ3) is 5.72. The highest BCUT2D eigenvalue weighted by Crippen LogP contribution is 2.36. The lowest BCUT2D eigenvalue weighted by atomic mass is 9.82. The molecule has 9 heteroatoms. The van der Waals surface area contributed by atoms with Crippen LogP contribution in [0.15, 0.2) is 54.0 Å². The number of aromatic nitrogens is 1. The molecule has 42 heavy (non-hydrogen) atoms. The fourth-order valence-corrected chi connectivity index (χ4v) is 7.01. The number of nitrogens with one attached hydrogen (secondary N) is 1. The van der Waals surface area contributed by atoms with Crippen LogP contribution in [0, 0.1) is 18.3 Å². The molecule has 8 nitrogen and oxygen atoms in total. The van der Waals surface area contributed by atoms with Crippen molar-refractivity contribution in [3.8, 4) is 10.4 Å². The smallest absolute Gasteiger partial charge is 0.255 e. The summed E-state index contributed by atoms with van der Waals surface area (Å²) in [4.78, 5) is 49.8. The summed E-state index contributed by atoms with van der Waals surface area (Å²) in [6, 6.07) is 13.7. The minimum atomic E-state index is -0.835. The number of thiazole rings is 1. The summed E-state index contributed by atoms with van der Waals surface area (Å²) < 4.78 is 0. The van der Waals surface area contributed by atoms with Gasteiger partial charge in [0.25, 0.3) is 5.91 Å². The molecule has 0 aliphatic carbocycles. The van der Waals surface area contributed by atoms with Crippen LogP contribution in [0.2, 0.25) is 0 Å². The second-order valence-corrected chi connectivity index (χ2v) is 13.7. The number of aliphatic hydroxyl groups is 1. The average molecular weight is 589 g/mol. The highest BCUT2D eigenvalue weighted by molar-refractivity contribution is 7.13. The van der Waals surface area contributed by atoms with Crippen LogP contribution in [0.4, 0.5) is 0 Å². The number of aryl methyl sites for hydroxylation is 1. The molecule has 5 rings (SSSR count). The highest BCUT2D eigenvalue weighted by Gasteiger charge is 2.46. The fourth-order valence-electron chi connectivity index (χ4n) is 6.20. The van der Waals surface area contributed by atoms with E-state index in [2.05, 4.69) is 31.1 Å². The lowest BCUT2D eigenvalue weighted by molar-refractivity contribution is -0.143. The first-order valence-electron chi connectivity index (χ1n) is 14.5. The molecule has 2 aliphatic heterocycles. The minimum Gasteiger partial charge on any atom is -0.391 e. The van der Waals surface area contributed by atoms with Gasteiger partial charge >= 0.3 is 0 Å². The summed E-state index contributed by atoms with van der Waals surface area (Å²) in [6.45, 7) is 12.4. The maximum atomic E-state index is 14.1. The van der Waals surface area contributed by atoms with Gasteiger partial charge < -0.3 is 20.2 Å². The molecule has 1 saturated heterocycles. The van der Waals surface area contributed by atoms with E-state index in [1.807, 2.05) is 68.7 Å². The number of β-amino-alcohol motifs (C(OH)–C–C–N with tert-alkyl or cyclic N) is 1. The molecule has 222 valence electrons. The number of rotatable bonds is 7. The Morgan fingerprint density at radius 2 is 1.79 bits per heavy atom. The van der Waals surface area contributed by atoms with Crippen molar-refractivity contribution in [3.05, 3.63) is 76.4 Å². The third-order valence-corrected chi connectivity index (χ3v) is 9.32. The number of benzene rings is 2. The maximum Gasteiger partial charge on any atom is 0.255 e. The van der Waals surface area contributed by atoms with Crippen LogP contribution in [0.1, 0.15) is 74.3 Å². The van der Waals surface area contributed by atoms with E-state index in [9.17, 15) is 19.5 Å². The van der Waals surface area contributed by atoms with Gasteiger partial charge in [0.2, 0.25) is 11.8 Å². The number of nitrogens with zero attached hydrogens (tertiary/aromatic N) is 3. The van der Waals surface area contributed by atoms with E-state index in [-0.39, 0.29) is 48.1 Å². The van der Waals surface area contributed by atoms with Crippen LogP contribution < -0.4 is 5.32 Å². The number of aliphatic hydroxyl groups excluding tert-OH is 1. The topological polar surface area (TPSA) is 103 Å². The monoisotopic (exact) mass is 588 g/mol. The largest absolute Gasteiger partial charge is 0.391 e. The fraction of sp³-hybridized carbons (Fsp3) is 0.455. The van der Waals surface area contributed by atoms with E-state index < -0.39 is 18.2 Å². The lowest BCUT2D eigenvalue weighted by Crippen LogP contribution is -2.56. The molecule has 1 fully saturated rings. The molecular weight excluding hydrogens is 548 g/mol. The van der Waals surface area contributed by atoms with Gasteiger partial charge in [0, 0.05) is 25.1 Å². The first kappa shape index (κ1) is 29.9. The zero-order valence-electron chi connectivity index (χ0n) is 25.1. The van der Waals surface area contributed by atoms with E-state index in [1.54, 1.807) is 22.3 Å². The van der Waals surface area contributed by atoms with Gasteiger partial charge in [-0.2, -0.15) is 0 Å².